The highest BCUT2D eigenvalue weighted by molar-refractivity contribution is 4.54. The van der Waals surface area contributed by atoms with Gasteiger partial charge in [0.1, 0.15) is 0 Å². The van der Waals surface area contributed by atoms with Gasteiger partial charge in [-0.15, -0.1) is 0 Å². The molecule has 5 nitrogen and oxygen atoms in total. The SMILES string of the molecule is N.O.c1cn[nH]n1. The largest absolute Gasteiger partial charge is 0.412 e. The van der Waals surface area contributed by atoms with Crippen molar-refractivity contribution in [2.24, 2.45) is 0 Å². The Morgan fingerprint density at radius 3 is 1.71 bits per heavy atom. The molecule has 0 aliphatic heterocycles. The molecule has 0 aliphatic rings. The van der Waals surface area contributed by atoms with Crippen LogP contribution in [0.2, 0.25) is 0 Å². The molecule has 0 saturated heterocycles. The molecule has 1 aromatic rings. The van der Waals surface area contributed by atoms with E-state index in [0.717, 1.165) is 0 Å². The number of aromatic nitrogens is 3. The summed E-state index contributed by atoms with van der Waals surface area (Å²) in [6.07, 6.45) is 3.17. The van der Waals surface area contributed by atoms with Crippen molar-refractivity contribution in [3.63, 3.8) is 0 Å². The van der Waals surface area contributed by atoms with E-state index in [1.807, 2.05) is 0 Å². The highest BCUT2D eigenvalue weighted by Gasteiger charge is 1.57. The molecule has 42 valence electrons. The fourth-order valence-electron chi connectivity index (χ4n) is 0.167. The van der Waals surface area contributed by atoms with E-state index >= 15 is 0 Å². The van der Waals surface area contributed by atoms with Crippen LogP contribution in [0.3, 0.4) is 0 Å². The summed E-state index contributed by atoms with van der Waals surface area (Å²) in [5.74, 6) is 0. The molecule has 0 amide bonds. The summed E-state index contributed by atoms with van der Waals surface area (Å²) in [7, 11) is 0. The summed E-state index contributed by atoms with van der Waals surface area (Å²) in [6, 6.07) is 0. The summed E-state index contributed by atoms with van der Waals surface area (Å²) in [5.41, 5.74) is 0. The van der Waals surface area contributed by atoms with Crippen LogP contribution in [-0.2, 0) is 0 Å². The molecule has 0 spiro atoms. The van der Waals surface area contributed by atoms with Crippen LogP contribution in [0.4, 0.5) is 0 Å². The lowest BCUT2D eigenvalue weighted by atomic mass is 11.0. The predicted molar refractivity (Wildman–Crippen MR) is 25.0 cm³/mol. The third-order valence-corrected chi connectivity index (χ3v) is 0.331. The number of nitrogens with one attached hydrogen (secondary N) is 1. The highest BCUT2D eigenvalue weighted by atomic mass is 16.0. The first kappa shape index (κ1) is 9.41. The average Bonchev–Trinajstić information content (AvgIpc) is 1.76. The van der Waals surface area contributed by atoms with Gasteiger partial charge in [-0.25, -0.2) is 0 Å². The van der Waals surface area contributed by atoms with E-state index < -0.39 is 0 Å². The third-order valence-electron chi connectivity index (χ3n) is 0.331. The van der Waals surface area contributed by atoms with Gasteiger partial charge in [0.25, 0.3) is 0 Å². The molecule has 0 aromatic carbocycles. The maximum Gasteiger partial charge on any atom is 0.0690 e. The fourth-order valence-corrected chi connectivity index (χ4v) is 0.167. The van der Waals surface area contributed by atoms with E-state index in [1.54, 1.807) is 12.4 Å². The number of hydrogen-bond donors (Lipinski definition) is 2. The molecule has 0 bridgehead atoms. The predicted octanol–water partition coefficient (Wildman–Crippen LogP) is -0.858. The van der Waals surface area contributed by atoms with Gasteiger partial charge in [0.15, 0.2) is 0 Å². The molecule has 1 heterocycles. The van der Waals surface area contributed by atoms with Crippen LogP contribution in [-0.4, -0.2) is 20.9 Å². The molecule has 0 aliphatic carbocycles. The van der Waals surface area contributed by atoms with Gasteiger partial charge in [-0.1, -0.05) is 0 Å². The molecule has 0 saturated carbocycles. The number of nitrogens with zero attached hydrogens (tertiary/aromatic N) is 2. The van der Waals surface area contributed by atoms with Crippen molar-refractivity contribution in [2.45, 2.75) is 0 Å². The average molecular weight is 104 g/mol. The van der Waals surface area contributed by atoms with Crippen molar-refractivity contribution in [2.75, 3.05) is 0 Å². The van der Waals surface area contributed by atoms with Crippen LogP contribution >= 0.6 is 0 Å². The smallest absolute Gasteiger partial charge is 0.0690 e. The van der Waals surface area contributed by atoms with Gasteiger partial charge in [-0.3, -0.25) is 0 Å². The highest BCUT2D eigenvalue weighted by Crippen LogP contribution is 1.55. The molecular weight excluding hydrogens is 96.0 g/mol. The molecule has 0 unspecified atom stereocenters. The summed E-state index contributed by atoms with van der Waals surface area (Å²) in [6.45, 7) is 0. The van der Waals surface area contributed by atoms with Crippen LogP contribution < -0.4 is 6.15 Å². The standard InChI is InChI=1S/C2H3N3.H3N.H2O/c1-2-4-5-3-1;;/h1-2H,(H,3,4,5);1H3;1H2. The molecule has 0 radical (unpaired) electrons. The van der Waals surface area contributed by atoms with Crippen LogP contribution in [0.25, 0.3) is 0 Å². The monoisotopic (exact) mass is 104 g/mol. The first-order valence-corrected chi connectivity index (χ1v) is 1.30. The first-order valence-electron chi connectivity index (χ1n) is 1.30. The lowest BCUT2D eigenvalue weighted by molar-refractivity contribution is 0.824. The zero-order chi connectivity index (χ0) is 3.54. The molecule has 5 heteroatoms. The van der Waals surface area contributed by atoms with Gasteiger partial charge in [-0.05, 0) is 0 Å². The minimum atomic E-state index is 0. The zero-order valence-electron chi connectivity index (χ0n) is 3.76. The number of hydrogen-bond acceptors (Lipinski definition) is 3. The van der Waals surface area contributed by atoms with Gasteiger partial charge in [-0.2, -0.15) is 15.4 Å². The van der Waals surface area contributed by atoms with E-state index in [1.165, 1.54) is 0 Å². The molecule has 0 atom stereocenters. The van der Waals surface area contributed by atoms with Crippen molar-refractivity contribution in [3.8, 4) is 0 Å². The Morgan fingerprint density at radius 2 is 1.57 bits per heavy atom. The van der Waals surface area contributed by atoms with Crippen molar-refractivity contribution < 1.29 is 5.48 Å². The number of rotatable bonds is 0. The summed E-state index contributed by atoms with van der Waals surface area (Å²) in [5, 5.41) is 9.33. The zero-order valence-corrected chi connectivity index (χ0v) is 3.76. The van der Waals surface area contributed by atoms with E-state index in [-0.39, 0.29) is 11.6 Å². The normalized spacial score (nSPS) is 5.71. The van der Waals surface area contributed by atoms with Gasteiger partial charge >= 0.3 is 0 Å². The molecule has 7 heavy (non-hydrogen) atoms. The van der Waals surface area contributed by atoms with Crippen molar-refractivity contribution in [1.82, 2.24) is 21.6 Å². The van der Waals surface area contributed by atoms with Crippen molar-refractivity contribution >= 4 is 0 Å². The molecule has 0 fully saturated rings. The van der Waals surface area contributed by atoms with E-state index in [9.17, 15) is 0 Å². The maximum absolute atomic E-state index is 3.49. The minimum Gasteiger partial charge on any atom is -0.412 e. The molecular formula is C2H8N4O. The van der Waals surface area contributed by atoms with E-state index in [2.05, 4.69) is 15.4 Å². The van der Waals surface area contributed by atoms with Crippen molar-refractivity contribution in [3.05, 3.63) is 12.4 Å². The Morgan fingerprint density at radius 1 is 1.14 bits per heavy atom. The Bertz CT molecular complexity index is 66.2. The second kappa shape index (κ2) is 5.06. The molecule has 1 aromatic heterocycles. The second-order valence-corrected chi connectivity index (χ2v) is 0.656. The van der Waals surface area contributed by atoms with Gasteiger partial charge in [0.2, 0.25) is 0 Å². The lowest BCUT2D eigenvalue weighted by Gasteiger charge is -1.48. The second-order valence-electron chi connectivity index (χ2n) is 0.656. The fraction of sp³-hybridized carbons (Fsp3) is 0. The summed E-state index contributed by atoms with van der Waals surface area (Å²) < 4.78 is 0. The lowest BCUT2D eigenvalue weighted by Crippen LogP contribution is -1.61. The Balaban J connectivity index is 0. The van der Waals surface area contributed by atoms with Gasteiger partial charge < -0.3 is 11.6 Å². The Hall–Kier alpha value is -0.940. The quantitative estimate of drug-likeness (QED) is 0.447. The summed E-state index contributed by atoms with van der Waals surface area (Å²) >= 11 is 0. The van der Waals surface area contributed by atoms with Gasteiger partial charge in [0.05, 0.1) is 12.4 Å². The first-order chi connectivity index (χ1) is 2.50. The number of aromatic amines is 1. The topological polar surface area (TPSA) is 108 Å². The van der Waals surface area contributed by atoms with Crippen LogP contribution in [0.15, 0.2) is 12.4 Å². The number of H-pyrrole nitrogens is 1. The van der Waals surface area contributed by atoms with Crippen LogP contribution in [0, 0.1) is 0 Å². The minimum absolute atomic E-state index is 0. The van der Waals surface area contributed by atoms with E-state index in [0.29, 0.717) is 0 Å². The molecule has 1 rings (SSSR count). The third kappa shape index (κ3) is 2.87. The summed E-state index contributed by atoms with van der Waals surface area (Å²) in [4.78, 5) is 0. The van der Waals surface area contributed by atoms with E-state index in [4.69, 9.17) is 0 Å². The maximum atomic E-state index is 3.49. The van der Waals surface area contributed by atoms with Crippen molar-refractivity contribution in [1.29, 1.82) is 0 Å². The van der Waals surface area contributed by atoms with Crippen LogP contribution in [0.5, 0.6) is 0 Å². The van der Waals surface area contributed by atoms with Gasteiger partial charge in [0, 0.05) is 0 Å². The Labute approximate surface area is 40.6 Å². The van der Waals surface area contributed by atoms with Crippen LogP contribution in [0.1, 0.15) is 0 Å². The Kier molecular flexibility index (Phi) is 6.80. The molecule has 6 N–H and O–H groups in total.